The summed E-state index contributed by atoms with van der Waals surface area (Å²) < 4.78 is 0. The Balaban J connectivity index is 2.63. The summed E-state index contributed by atoms with van der Waals surface area (Å²) in [5.41, 5.74) is 6.86. The van der Waals surface area contributed by atoms with Crippen LogP contribution in [-0.2, 0) is 4.79 Å². The maximum absolute atomic E-state index is 11.8. The van der Waals surface area contributed by atoms with Gasteiger partial charge in [-0.05, 0) is 30.5 Å². The molecule has 1 amide bonds. The summed E-state index contributed by atoms with van der Waals surface area (Å²) >= 11 is 5.90. The van der Waals surface area contributed by atoms with Gasteiger partial charge in [0.1, 0.15) is 6.07 Å². The SMILES string of the molecule is CC[C@H](N)[C@@H](C)CC(=O)Nc1ccc(C#N)c(Cl)c1. The highest BCUT2D eigenvalue weighted by atomic mass is 35.5. The van der Waals surface area contributed by atoms with Gasteiger partial charge >= 0.3 is 0 Å². The molecule has 0 bridgehead atoms. The van der Waals surface area contributed by atoms with Gasteiger partial charge in [-0.25, -0.2) is 0 Å². The van der Waals surface area contributed by atoms with Gasteiger partial charge in [0.25, 0.3) is 0 Å². The molecule has 0 unspecified atom stereocenters. The minimum absolute atomic E-state index is 0.0234. The second-order valence-corrected chi connectivity index (χ2v) is 5.02. The van der Waals surface area contributed by atoms with Gasteiger partial charge < -0.3 is 11.1 Å². The molecule has 0 saturated heterocycles. The number of nitrogens with one attached hydrogen (secondary N) is 1. The number of benzene rings is 1. The molecular formula is C14H18ClN3O. The molecule has 0 heterocycles. The summed E-state index contributed by atoms with van der Waals surface area (Å²) in [5, 5.41) is 11.9. The molecule has 0 saturated carbocycles. The van der Waals surface area contributed by atoms with Crippen LogP contribution in [-0.4, -0.2) is 11.9 Å². The van der Waals surface area contributed by atoms with Crippen LogP contribution in [0.4, 0.5) is 5.69 Å². The van der Waals surface area contributed by atoms with Crippen molar-refractivity contribution in [1.29, 1.82) is 5.26 Å². The predicted molar refractivity (Wildman–Crippen MR) is 76.8 cm³/mol. The number of anilines is 1. The summed E-state index contributed by atoms with van der Waals surface area (Å²) in [6.07, 6.45) is 1.21. The van der Waals surface area contributed by atoms with E-state index < -0.39 is 0 Å². The molecule has 0 fully saturated rings. The van der Waals surface area contributed by atoms with Gasteiger partial charge in [-0.3, -0.25) is 4.79 Å². The van der Waals surface area contributed by atoms with Crippen LogP contribution in [0.15, 0.2) is 18.2 Å². The minimum Gasteiger partial charge on any atom is -0.327 e. The Bertz CT molecular complexity index is 496. The number of nitrogens with two attached hydrogens (primary N) is 1. The Morgan fingerprint density at radius 2 is 2.26 bits per heavy atom. The lowest BCUT2D eigenvalue weighted by atomic mass is 9.97. The van der Waals surface area contributed by atoms with Crippen LogP contribution in [0.3, 0.4) is 0 Å². The number of amides is 1. The molecule has 1 aromatic carbocycles. The zero-order valence-electron chi connectivity index (χ0n) is 11.1. The van der Waals surface area contributed by atoms with Crippen LogP contribution in [0.25, 0.3) is 0 Å². The second kappa shape index (κ2) is 7.13. The van der Waals surface area contributed by atoms with Crippen LogP contribution in [0.1, 0.15) is 32.3 Å². The van der Waals surface area contributed by atoms with Crippen LogP contribution in [0.5, 0.6) is 0 Å². The van der Waals surface area contributed by atoms with E-state index in [1.165, 1.54) is 0 Å². The number of nitrogens with zero attached hydrogens (tertiary/aromatic N) is 1. The van der Waals surface area contributed by atoms with Crippen molar-refractivity contribution in [1.82, 2.24) is 0 Å². The first-order valence-corrected chi connectivity index (χ1v) is 6.60. The van der Waals surface area contributed by atoms with E-state index in [0.717, 1.165) is 6.42 Å². The number of hydrogen-bond acceptors (Lipinski definition) is 3. The lowest BCUT2D eigenvalue weighted by Crippen LogP contribution is -2.30. The third-order valence-corrected chi connectivity index (χ3v) is 3.40. The zero-order valence-corrected chi connectivity index (χ0v) is 11.9. The molecule has 102 valence electrons. The first-order chi connectivity index (χ1) is 8.97. The number of nitriles is 1. The zero-order chi connectivity index (χ0) is 14.4. The van der Waals surface area contributed by atoms with Crippen molar-refractivity contribution in [2.24, 2.45) is 11.7 Å². The van der Waals surface area contributed by atoms with Crippen molar-refractivity contribution >= 4 is 23.2 Å². The van der Waals surface area contributed by atoms with Gasteiger partial charge in [-0.2, -0.15) is 5.26 Å². The van der Waals surface area contributed by atoms with E-state index in [-0.39, 0.29) is 17.9 Å². The maximum atomic E-state index is 11.8. The van der Waals surface area contributed by atoms with Crippen LogP contribution < -0.4 is 11.1 Å². The summed E-state index contributed by atoms with van der Waals surface area (Å²) in [7, 11) is 0. The molecule has 0 aliphatic carbocycles. The average molecular weight is 280 g/mol. The Morgan fingerprint density at radius 1 is 1.58 bits per heavy atom. The van der Waals surface area contributed by atoms with Gasteiger partial charge in [0.05, 0.1) is 10.6 Å². The first-order valence-electron chi connectivity index (χ1n) is 6.23. The molecular weight excluding hydrogens is 262 g/mol. The smallest absolute Gasteiger partial charge is 0.224 e. The van der Waals surface area contributed by atoms with Crippen molar-refractivity contribution in [3.8, 4) is 6.07 Å². The van der Waals surface area contributed by atoms with Gasteiger partial charge in [0.2, 0.25) is 5.91 Å². The highest BCUT2D eigenvalue weighted by Gasteiger charge is 2.15. The van der Waals surface area contributed by atoms with E-state index in [9.17, 15) is 4.79 Å². The van der Waals surface area contributed by atoms with E-state index in [4.69, 9.17) is 22.6 Å². The monoisotopic (exact) mass is 279 g/mol. The molecule has 4 nitrogen and oxygen atoms in total. The van der Waals surface area contributed by atoms with Crippen molar-refractivity contribution < 1.29 is 4.79 Å². The number of hydrogen-bond donors (Lipinski definition) is 2. The molecule has 1 aromatic rings. The molecule has 0 spiro atoms. The fourth-order valence-corrected chi connectivity index (χ4v) is 1.96. The van der Waals surface area contributed by atoms with E-state index >= 15 is 0 Å². The summed E-state index contributed by atoms with van der Waals surface area (Å²) in [5.74, 6) is 0.0241. The first kappa shape index (κ1) is 15.5. The molecule has 3 N–H and O–H groups in total. The highest BCUT2D eigenvalue weighted by Crippen LogP contribution is 2.20. The number of carbonyl (C=O) groups excluding carboxylic acids is 1. The standard InChI is InChI=1S/C14H18ClN3O/c1-3-13(17)9(2)6-14(19)18-11-5-4-10(8-16)12(15)7-11/h4-5,7,9,13H,3,6,17H2,1-2H3,(H,18,19)/t9-,13-/m0/s1. The summed E-state index contributed by atoms with van der Waals surface area (Å²) in [6.45, 7) is 3.96. The van der Waals surface area contributed by atoms with E-state index in [0.29, 0.717) is 22.7 Å². The second-order valence-electron chi connectivity index (χ2n) is 4.61. The number of carbonyl (C=O) groups is 1. The molecule has 19 heavy (non-hydrogen) atoms. The van der Waals surface area contributed by atoms with Gasteiger partial charge in [0.15, 0.2) is 0 Å². The molecule has 1 rings (SSSR count). The lowest BCUT2D eigenvalue weighted by Gasteiger charge is -2.17. The highest BCUT2D eigenvalue weighted by molar-refractivity contribution is 6.32. The number of rotatable bonds is 5. The average Bonchev–Trinajstić information content (AvgIpc) is 2.37. The Labute approximate surface area is 118 Å². The van der Waals surface area contributed by atoms with E-state index in [2.05, 4.69) is 5.32 Å². The minimum atomic E-state index is -0.0998. The van der Waals surface area contributed by atoms with Crippen LogP contribution in [0, 0.1) is 17.2 Å². The Kier molecular flexibility index (Phi) is 5.81. The third kappa shape index (κ3) is 4.55. The van der Waals surface area contributed by atoms with E-state index in [1.54, 1.807) is 18.2 Å². The molecule has 0 aliphatic rings. The van der Waals surface area contributed by atoms with Crippen molar-refractivity contribution in [3.05, 3.63) is 28.8 Å². The van der Waals surface area contributed by atoms with Gasteiger partial charge in [-0.1, -0.05) is 25.4 Å². The van der Waals surface area contributed by atoms with Gasteiger partial charge in [-0.15, -0.1) is 0 Å². The predicted octanol–water partition coefficient (Wildman–Crippen LogP) is 2.91. The molecule has 0 radical (unpaired) electrons. The topological polar surface area (TPSA) is 78.9 Å². The Morgan fingerprint density at radius 3 is 2.79 bits per heavy atom. The number of halogens is 1. The fourth-order valence-electron chi connectivity index (χ4n) is 1.74. The van der Waals surface area contributed by atoms with Crippen LogP contribution in [0.2, 0.25) is 5.02 Å². The van der Waals surface area contributed by atoms with Crippen LogP contribution >= 0.6 is 11.6 Å². The molecule has 0 aromatic heterocycles. The summed E-state index contributed by atoms with van der Waals surface area (Å²) in [4.78, 5) is 11.8. The molecule has 5 heteroatoms. The molecule has 0 aliphatic heterocycles. The summed E-state index contributed by atoms with van der Waals surface area (Å²) in [6, 6.07) is 6.81. The van der Waals surface area contributed by atoms with Crippen molar-refractivity contribution in [2.75, 3.05) is 5.32 Å². The quantitative estimate of drug-likeness (QED) is 0.870. The largest absolute Gasteiger partial charge is 0.327 e. The van der Waals surface area contributed by atoms with Crippen molar-refractivity contribution in [3.63, 3.8) is 0 Å². The maximum Gasteiger partial charge on any atom is 0.224 e. The fraction of sp³-hybridized carbons (Fsp3) is 0.429. The van der Waals surface area contributed by atoms with E-state index in [1.807, 2.05) is 19.9 Å². The normalized spacial score (nSPS) is 13.4. The lowest BCUT2D eigenvalue weighted by molar-refractivity contribution is -0.117. The third-order valence-electron chi connectivity index (χ3n) is 3.08. The van der Waals surface area contributed by atoms with Gasteiger partial charge in [0, 0.05) is 18.2 Å². The van der Waals surface area contributed by atoms with Crippen molar-refractivity contribution in [2.45, 2.75) is 32.7 Å². The molecule has 2 atom stereocenters. The Hall–Kier alpha value is -1.57.